The third kappa shape index (κ3) is 6.51. The third-order valence-electron chi connectivity index (χ3n) is 4.06. The highest BCUT2D eigenvalue weighted by atomic mass is 35.5. The van der Waals surface area contributed by atoms with Crippen molar-refractivity contribution in [3.63, 3.8) is 0 Å². The first kappa shape index (κ1) is 22.2. The third-order valence-corrected chi connectivity index (χ3v) is 5.89. The second-order valence-corrected chi connectivity index (χ2v) is 8.46. The number of ether oxygens (including phenoxy) is 1. The van der Waals surface area contributed by atoms with E-state index in [2.05, 4.69) is 10.0 Å². The predicted octanol–water partition coefficient (Wildman–Crippen LogP) is 3.67. The Hall–Kier alpha value is -2.09. The van der Waals surface area contributed by atoms with Crippen molar-refractivity contribution in [1.29, 1.82) is 0 Å². The van der Waals surface area contributed by atoms with Gasteiger partial charge in [-0.2, -0.15) is 0 Å². The Morgan fingerprint density at radius 2 is 1.89 bits per heavy atom. The van der Waals surface area contributed by atoms with Crippen molar-refractivity contribution in [3.05, 3.63) is 59.1 Å². The molecular formula is C20H25ClN2O4S. The molecule has 0 unspecified atom stereocenters. The van der Waals surface area contributed by atoms with Gasteiger partial charge in [-0.3, -0.25) is 4.79 Å². The zero-order chi connectivity index (χ0) is 20.6. The number of carbonyl (C=O) groups is 1. The lowest BCUT2D eigenvalue weighted by Crippen LogP contribution is -2.29. The summed E-state index contributed by atoms with van der Waals surface area (Å²) in [6, 6.07) is 13.0. The summed E-state index contributed by atoms with van der Waals surface area (Å²) in [6.07, 6.45) is 1.88. The van der Waals surface area contributed by atoms with Crippen LogP contribution in [0.15, 0.2) is 53.4 Å². The van der Waals surface area contributed by atoms with Crippen molar-refractivity contribution < 1.29 is 17.9 Å². The molecule has 2 rings (SSSR count). The second kappa shape index (κ2) is 10.5. The molecule has 0 bridgehead atoms. The Morgan fingerprint density at radius 1 is 1.18 bits per heavy atom. The summed E-state index contributed by atoms with van der Waals surface area (Å²) in [5.41, 5.74) is 0.853. The van der Waals surface area contributed by atoms with Crippen LogP contribution in [0, 0.1) is 0 Å². The average molecular weight is 425 g/mol. The van der Waals surface area contributed by atoms with Crippen LogP contribution in [-0.2, 0) is 14.8 Å². The van der Waals surface area contributed by atoms with Crippen LogP contribution < -0.4 is 14.8 Å². The normalized spacial score (nSPS) is 12.4. The molecule has 1 atom stereocenters. The van der Waals surface area contributed by atoms with Crippen LogP contribution >= 0.6 is 11.6 Å². The molecule has 0 aromatic heterocycles. The fourth-order valence-corrected chi connectivity index (χ4v) is 4.03. The minimum Gasteiger partial charge on any atom is -0.482 e. The lowest BCUT2D eigenvalue weighted by Gasteiger charge is -2.15. The van der Waals surface area contributed by atoms with Crippen LogP contribution in [0.1, 0.15) is 38.3 Å². The molecule has 6 nitrogen and oxygen atoms in total. The van der Waals surface area contributed by atoms with Crippen molar-refractivity contribution in [3.8, 4) is 5.75 Å². The molecule has 1 amide bonds. The first-order valence-electron chi connectivity index (χ1n) is 9.10. The molecule has 2 aromatic carbocycles. The van der Waals surface area contributed by atoms with E-state index >= 15 is 0 Å². The topological polar surface area (TPSA) is 84.5 Å². The Labute approximate surface area is 171 Å². The van der Waals surface area contributed by atoms with E-state index in [1.54, 1.807) is 6.92 Å². The molecule has 2 N–H and O–H groups in total. The highest BCUT2D eigenvalue weighted by molar-refractivity contribution is 7.89. The molecule has 8 heteroatoms. The largest absolute Gasteiger partial charge is 0.482 e. The van der Waals surface area contributed by atoms with Crippen molar-refractivity contribution in [2.75, 3.05) is 13.2 Å². The number of halogens is 1. The number of carbonyl (C=O) groups excluding carboxylic acids is 1. The van der Waals surface area contributed by atoms with Gasteiger partial charge in [0.05, 0.1) is 9.92 Å². The lowest BCUT2D eigenvalue weighted by atomic mass is 10.1. The fourth-order valence-electron chi connectivity index (χ4n) is 2.48. The van der Waals surface area contributed by atoms with Gasteiger partial charge >= 0.3 is 0 Å². The van der Waals surface area contributed by atoms with Gasteiger partial charge in [-0.1, -0.05) is 55.3 Å². The SMILES string of the molecule is CCCCNC(=O)COc1ccc(S(=O)(=O)N[C@H](C)c2ccccc2)cc1Cl. The molecule has 0 aliphatic rings. The minimum absolute atomic E-state index is 0.0278. The Balaban J connectivity index is 2.01. The zero-order valence-corrected chi connectivity index (χ0v) is 17.5. The van der Waals surface area contributed by atoms with Crippen LogP contribution in [0.2, 0.25) is 5.02 Å². The van der Waals surface area contributed by atoms with Crippen LogP contribution in [0.3, 0.4) is 0 Å². The highest BCUT2D eigenvalue weighted by Gasteiger charge is 2.20. The number of hydrogen-bond donors (Lipinski definition) is 2. The minimum atomic E-state index is -3.76. The number of rotatable bonds is 10. The molecule has 2 aromatic rings. The number of amides is 1. The zero-order valence-electron chi connectivity index (χ0n) is 15.9. The molecule has 0 heterocycles. The van der Waals surface area contributed by atoms with Crippen molar-refractivity contribution in [2.45, 2.75) is 37.6 Å². The Morgan fingerprint density at radius 3 is 2.54 bits per heavy atom. The van der Waals surface area contributed by atoms with Crippen LogP contribution in [0.25, 0.3) is 0 Å². The van der Waals surface area contributed by atoms with Crippen LogP contribution in [0.4, 0.5) is 0 Å². The standard InChI is InChI=1S/C20H25ClN2O4S/c1-3-4-12-22-20(24)14-27-19-11-10-17(13-18(19)21)28(25,26)23-15(2)16-8-6-5-7-9-16/h5-11,13,15,23H,3-4,12,14H2,1-2H3,(H,22,24)/t15-/m1/s1. The van der Waals surface area contributed by atoms with E-state index in [-0.39, 0.29) is 28.2 Å². The predicted molar refractivity (Wildman–Crippen MR) is 110 cm³/mol. The highest BCUT2D eigenvalue weighted by Crippen LogP contribution is 2.28. The Bertz CT molecular complexity index is 888. The van der Waals surface area contributed by atoms with E-state index in [4.69, 9.17) is 16.3 Å². The summed E-state index contributed by atoms with van der Waals surface area (Å²) in [6.45, 7) is 4.21. The molecule has 152 valence electrons. The summed E-state index contributed by atoms with van der Waals surface area (Å²) < 4.78 is 33.2. The average Bonchev–Trinajstić information content (AvgIpc) is 2.67. The van der Waals surface area contributed by atoms with E-state index in [1.807, 2.05) is 37.3 Å². The van der Waals surface area contributed by atoms with E-state index in [0.29, 0.717) is 6.54 Å². The Kier molecular flexibility index (Phi) is 8.29. The van der Waals surface area contributed by atoms with E-state index < -0.39 is 16.1 Å². The van der Waals surface area contributed by atoms with Crippen molar-refractivity contribution in [1.82, 2.24) is 10.0 Å². The van der Waals surface area contributed by atoms with Gasteiger partial charge in [0, 0.05) is 12.6 Å². The summed E-state index contributed by atoms with van der Waals surface area (Å²) in [5.74, 6) is 0.00179. The second-order valence-electron chi connectivity index (χ2n) is 6.34. The summed E-state index contributed by atoms with van der Waals surface area (Å²) in [5, 5.41) is 2.86. The lowest BCUT2D eigenvalue weighted by molar-refractivity contribution is -0.123. The smallest absolute Gasteiger partial charge is 0.257 e. The van der Waals surface area contributed by atoms with E-state index in [0.717, 1.165) is 18.4 Å². The van der Waals surface area contributed by atoms with Gasteiger partial charge in [-0.15, -0.1) is 0 Å². The van der Waals surface area contributed by atoms with Gasteiger partial charge in [-0.25, -0.2) is 13.1 Å². The fraction of sp³-hybridized carbons (Fsp3) is 0.350. The van der Waals surface area contributed by atoms with E-state index in [1.165, 1.54) is 18.2 Å². The maximum Gasteiger partial charge on any atom is 0.257 e. The number of unbranched alkanes of at least 4 members (excludes halogenated alkanes) is 1. The molecule has 0 saturated carbocycles. The summed E-state index contributed by atoms with van der Waals surface area (Å²) in [7, 11) is -3.76. The van der Waals surface area contributed by atoms with Crippen molar-refractivity contribution >= 4 is 27.5 Å². The monoisotopic (exact) mass is 424 g/mol. The molecule has 0 aliphatic heterocycles. The number of benzene rings is 2. The molecular weight excluding hydrogens is 400 g/mol. The van der Waals surface area contributed by atoms with E-state index in [9.17, 15) is 13.2 Å². The van der Waals surface area contributed by atoms with Gasteiger partial charge in [0.15, 0.2) is 6.61 Å². The maximum atomic E-state index is 12.6. The summed E-state index contributed by atoms with van der Waals surface area (Å²) >= 11 is 6.15. The van der Waals surface area contributed by atoms with Gasteiger partial charge < -0.3 is 10.1 Å². The van der Waals surface area contributed by atoms with Gasteiger partial charge in [0.2, 0.25) is 10.0 Å². The molecule has 0 aliphatic carbocycles. The van der Waals surface area contributed by atoms with Gasteiger partial charge in [0.25, 0.3) is 5.91 Å². The molecule has 0 spiro atoms. The first-order chi connectivity index (χ1) is 13.3. The maximum absolute atomic E-state index is 12.6. The number of nitrogens with one attached hydrogen (secondary N) is 2. The van der Waals surface area contributed by atoms with Gasteiger partial charge in [-0.05, 0) is 37.1 Å². The van der Waals surface area contributed by atoms with Crippen molar-refractivity contribution in [2.24, 2.45) is 0 Å². The van der Waals surface area contributed by atoms with Gasteiger partial charge in [0.1, 0.15) is 5.75 Å². The van der Waals surface area contributed by atoms with Crippen LogP contribution in [0.5, 0.6) is 5.75 Å². The number of hydrogen-bond acceptors (Lipinski definition) is 4. The first-order valence-corrected chi connectivity index (χ1v) is 11.0. The molecule has 0 saturated heterocycles. The van der Waals surface area contributed by atoms with Crippen LogP contribution in [-0.4, -0.2) is 27.5 Å². The molecule has 0 radical (unpaired) electrons. The molecule has 0 fully saturated rings. The number of sulfonamides is 1. The summed E-state index contributed by atoms with van der Waals surface area (Å²) in [4.78, 5) is 11.7. The quantitative estimate of drug-likeness (QED) is 0.570. The molecule has 28 heavy (non-hydrogen) atoms.